The molecule has 99 heavy (non-hydrogen) atoms. The Morgan fingerprint density at radius 2 is 0.899 bits per heavy atom. The average molecular weight is 1710 g/mol. The molecule has 0 radical (unpaired) electrons. The van der Waals surface area contributed by atoms with Crippen molar-refractivity contribution in [1.82, 2.24) is 14.2 Å². The smallest absolute Gasteiger partial charge is 0.750 e. The van der Waals surface area contributed by atoms with Crippen LogP contribution in [0, 0.1) is 0 Å². The number of carbonyl (C=O) groups is 2. The molecule has 5 aliphatic rings. The van der Waals surface area contributed by atoms with Gasteiger partial charge in [-0.05, 0) is 0 Å². The van der Waals surface area contributed by atoms with Crippen LogP contribution in [0.25, 0.3) is 0 Å². The van der Waals surface area contributed by atoms with E-state index < -0.39 is 234 Å². The van der Waals surface area contributed by atoms with Gasteiger partial charge in [0.15, 0.2) is 37.2 Å². The van der Waals surface area contributed by atoms with Gasteiger partial charge in [-0.2, -0.15) is 0 Å². The molecule has 50 nitrogen and oxygen atoms in total. The number of carboxylic acid groups (broad SMARTS) is 2. The van der Waals surface area contributed by atoms with Crippen molar-refractivity contribution < 1.29 is 513 Å². The molecule has 538 valence electrons. The molecule has 68 heteroatoms. The molecule has 5 heterocycles. The molecule has 0 bridgehead atoms. The number of carboxylic acids is 2. The Morgan fingerprint density at radius 1 is 0.475 bits per heavy atom. The van der Waals surface area contributed by atoms with Crippen LogP contribution < -0.4 is 320 Å². The van der Waals surface area contributed by atoms with Crippen LogP contribution in [-0.4, -0.2) is 317 Å². The Hall–Kier alpha value is 7.66. The van der Waals surface area contributed by atoms with E-state index in [0.717, 1.165) is 7.11 Å². The van der Waals surface area contributed by atoms with Crippen LogP contribution >= 0.6 is 0 Å². The fraction of sp³-hybridized carbons (Fsp3) is 0.935. The minimum absolute atomic E-state index is 0. The van der Waals surface area contributed by atoms with Crippen molar-refractivity contribution in [3.05, 3.63) is 0 Å². The summed E-state index contributed by atoms with van der Waals surface area (Å²) in [5.74, 6) is -2.87. The van der Waals surface area contributed by atoms with Gasteiger partial charge < -0.3 is 137 Å². The average Bonchev–Trinajstić information content (AvgIpc) is 3.33. The van der Waals surface area contributed by atoms with Gasteiger partial charge in [-0.3, -0.25) is 20.9 Å². The molecule has 19 atom stereocenters. The second-order valence-electron chi connectivity index (χ2n) is 16.9. The fourth-order valence-corrected chi connectivity index (χ4v) is 10.4. The molecule has 5 fully saturated rings. The number of aliphatic hydroxyl groups is 6. The summed E-state index contributed by atoms with van der Waals surface area (Å²) in [4.78, 5) is 20.5. The predicted molar refractivity (Wildman–Crippen MR) is 258 cm³/mol. The van der Waals surface area contributed by atoms with E-state index in [1.165, 1.54) is 4.72 Å². The van der Waals surface area contributed by atoms with Crippen molar-refractivity contribution in [1.29, 1.82) is 0 Å². The third-order valence-electron chi connectivity index (χ3n) is 10.5. The first-order chi connectivity index (χ1) is 38.6. The molecule has 0 aromatic carbocycles. The standard InChI is InChI=1S/C7H15NO10S2.C6H13NO10S3.C6H13NO10S2.C6H10O8S.C6H10O5.10Na.4H2O/c1-16-7-6(8-19(10,11)12)5(9)2-4(18-7)3-17-20(13,14)15;8-18(9)16-2-4-1-6(17-19(10)11)5(3-15-4)7-20(12,13)14;8-5-3(7-18(10,11)12)1-16-4(6(5)9)2-17-19(13,14)15;7-3-1-4(6(8)9)13-2-5(3)14-15(10,11)12;7-3-1-5(6(9)10)11-2-4(3)8;;;;;;;;;;;;;;/h4-9H,2-3H2,1H3,(H,10,11,12)(H,13,14,15);4-7H,1-3H2,(H,8,9)(H,10,11)(H,12,13,14);3-9H,1-2H2,(H,10,11,12)(H,13,14,15);3-5,7H,1-2H2,(H,8,9)(H,10,11,12);3-5,7-8H,1-2H2,(H,9,10);;;;;;;;;;;4*1H2/q;;;;;10*+1;;;;/p-10. The molecule has 5 saturated heterocycles. The number of nitrogens with one attached hydrogen (secondary N) is 3. The second-order valence-corrected chi connectivity index (χ2v) is 24.7. The Morgan fingerprint density at radius 3 is 1.28 bits per heavy atom. The monoisotopic (exact) mass is 1710 g/mol. The minimum atomic E-state index is -4.99. The summed E-state index contributed by atoms with van der Waals surface area (Å²) >= 11 is -5.71. The van der Waals surface area contributed by atoms with E-state index in [0.29, 0.717) is 0 Å². The summed E-state index contributed by atoms with van der Waals surface area (Å²) in [6, 6.07) is -3.95. The quantitative estimate of drug-likeness (QED) is 0.0210. The van der Waals surface area contributed by atoms with E-state index in [1.807, 2.05) is 0 Å². The van der Waals surface area contributed by atoms with E-state index in [-0.39, 0.29) is 356 Å². The summed E-state index contributed by atoms with van der Waals surface area (Å²) in [6.07, 6.45) is -18.7. The van der Waals surface area contributed by atoms with Crippen molar-refractivity contribution in [3.8, 4) is 0 Å². The first-order valence-corrected chi connectivity index (χ1v) is 32.5. The largest absolute Gasteiger partial charge is 1.00 e. The van der Waals surface area contributed by atoms with Crippen LogP contribution in [0.15, 0.2) is 0 Å². The molecular formula is C31H59N3Na10O47S8. The van der Waals surface area contributed by atoms with Crippen LogP contribution in [-0.2, 0) is 144 Å². The molecule has 19 unspecified atom stereocenters. The van der Waals surface area contributed by atoms with Gasteiger partial charge in [0.25, 0.3) is 0 Å². The third kappa shape index (κ3) is 66.5. The Labute approximate surface area is 792 Å². The first-order valence-electron chi connectivity index (χ1n) is 22.3. The summed E-state index contributed by atoms with van der Waals surface area (Å²) in [5.41, 5.74) is 0. The summed E-state index contributed by atoms with van der Waals surface area (Å²) < 4.78 is 283. The molecule has 0 aromatic rings. The van der Waals surface area contributed by atoms with Gasteiger partial charge in [0.1, 0.15) is 30.5 Å². The van der Waals surface area contributed by atoms with Gasteiger partial charge in [0.05, 0.1) is 148 Å². The maximum atomic E-state index is 10.6. The number of hydrogen-bond donors (Lipinski definition) is 9. The first kappa shape index (κ1) is 139. The second kappa shape index (κ2) is 66.8. The van der Waals surface area contributed by atoms with E-state index in [1.54, 1.807) is 9.44 Å². The molecule has 0 spiro atoms. The van der Waals surface area contributed by atoms with Crippen LogP contribution in [0.3, 0.4) is 0 Å². The van der Waals surface area contributed by atoms with Crippen LogP contribution in [0.1, 0.15) is 25.7 Å². The van der Waals surface area contributed by atoms with Gasteiger partial charge in [0, 0.05) is 32.8 Å². The number of methoxy groups -OCH3 is 1. The van der Waals surface area contributed by atoms with Crippen molar-refractivity contribution in [2.24, 2.45) is 0 Å². The third-order valence-corrected chi connectivity index (χ3v) is 14.3. The molecule has 5 rings (SSSR count). The predicted octanol–water partition coefficient (Wildman–Crippen LogP) is -49.1. The van der Waals surface area contributed by atoms with Crippen LogP contribution in [0.5, 0.6) is 0 Å². The normalized spacial score (nSPS) is 28.3. The molecule has 5 aliphatic heterocycles. The Bertz CT molecular complexity index is 2880. The number of hydrogen-bond acceptors (Lipinski definition) is 43. The van der Waals surface area contributed by atoms with E-state index >= 15 is 0 Å². The van der Waals surface area contributed by atoms with Crippen molar-refractivity contribution in [3.63, 3.8) is 0 Å². The van der Waals surface area contributed by atoms with E-state index in [9.17, 15) is 136 Å². The summed E-state index contributed by atoms with van der Waals surface area (Å²) in [5, 5.41) is 76.4. The molecule has 0 aliphatic carbocycles. The van der Waals surface area contributed by atoms with Gasteiger partial charge in [0.2, 0.25) is 31.2 Å². The van der Waals surface area contributed by atoms with Gasteiger partial charge in [-0.15, -0.1) is 0 Å². The van der Waals surface area contributed by atoms with Crippen molar-refractivity contribution in [2.75, 3.05) is 53.4 Å². The van der Waals surface area contributed by atoms with Gasteiger partial charge >= 0.3 is 296 Å². The Kier molecular flexibility index (Phi) is 93.5. The van der Waals surface area contributed by atoms with Crippen LogP contribution in [0.4, 0.5) is 0 Å². The number of carbonyl (C=O) groups excluding carboxylic acids is 2. The number of rotatable bonds is 22. The Balaban J connectivity index is -0.0000000742. The summed E-state index contributed by atoms with van der Waals surface area (Å²) in [7, 11) is -28.3. The van der Waals surface area contributed by atoms with Gasteiger partial charge in [-0.1, -0.05) is 0 Å². The maximum absolute atomic E-state index is 10.6. The summed E-state index contributed by atoms with van der Waals surface area (Å²) in [6.45, 7) is -3.44. The molecule has 0 aromatic heterocycles. The minimum Gasteiger partial charge on any atom is -0.750 e. The SMILES string of the molecule is COC1OC(COS(=O)(=O)[O-])CC(O)C1NS(=O)(=O)[O-].O.O.O.O.O=C([O-])C1CC(O)C(O)CO1.O=C([O-])C1CC(O)C(OS(=O)(=O)[O-])CO1.O=S(=O)([O-])NC1COC(COS(=O)(=O)[O-])C(O)C1O.O=S([O-])OCC1CC(OS(=O)[O-])C(NS(=O)(=O)[O-])CO1.[Na+].[Na+].[Na+].[Na+].[Na+].[Na+].[Na+].[Na+].[Na+].[Na+]. The maximum Gasteiger partial charge on any atom is 1.00 e. The van der Waals surface area contributed by atoms with E-state index in [2.05, 4.69) is 30.4 Å². The number of aliphatic carboxylic acids is 2. The molecule has 0 saturated carbocycles. The zero-order valence-electron chi connectivity index (χ0n) is 54.1. The molecular weight excluding hydrogens is 1650 g/mol. The zero-order valence-corrected chi connectivity index (χ0v) is 80.7. The van der Waals surface area contributed by atoms with Crippen molar-refractivity contribution in [2.45, 2.75) is 129 Å². The molecule has 17 N–H and O–H groups in total. The van der Waals surface area contributed by atoms with E-state index in [4.69, 9.17) is 29.2 Å². The topological polar surface area (TPSA) is 889 Å². The number of ether oxygens (including phenoxy) is 6. The number of aliphatic hydroxyl groups excluding tert-OH is 6. The van der Waals surface area contributed by atoms with Crippen molar-refractivity contribution >= 4 is 96.8 Å². The molecule has 0 amide bonds. The van der Waals surface area contributed by atoms with Crippen LogP contribution in [0.2, 0.25) is 0 Å². The zero-order chi connectivity index (χ0) is 65.8. The fourth-order valence-electron chi connectivity index (χ4n) is 6.86. The van der Waals surface area contributed by atoms with Gasteiger partial charge in [-0.25, -0.2) is 73.1 Å².